The van der Waals surface area contributed by atoms with Crippen molar-refractivity contribution < 1.29 is 23.9 Å². The number of amides is 5. The Morgan fingerprint density at radius 1 is 1.17 bits per heavy atom. The number of nitrogens with zero attached hydrogens (tertiary/aromatic N) is 2. The zero-order valence-corrected chi connectivity index (χ0v) is 19.8. The molecule has 2 aromatic rings. The maximum Gasteiger partial charge on any atom is 0.418 e. The number of urea groups is 1. The lowest BCUT2D eigenvalue weighted by atomic mass is 9.94. The van der Waals surface area contributed by atoms with Crippen LogP contribution in [0.1, 0.15) is 47.6 Å². The molecule has 2 unspecified atom stereocenters. The van der Waals surface area contributed by atoms with Gasteiger partial charge in [0.25, 0.3) is 5.91 Å². The predicted molar refractivity (Wildman–Crippen MR) is 128 cm³/mol. The van der Waals surface area contributed by atoms with Gasteiger partial charge in [-0.3, -0.25) is 9.59 Å². The van der Waals surface area contributed by atoms with Crippen LogP contribution in [0.5, 0.6) is 0 Å². The van der Waals surface area contributed by atoms with Crippen molar-refractivity contribution in [3.8, 4) is 0 Å². The fourth-order valence-electron chi connectivity index (χ4n) is 5.44. The molecule has 35 heavy (non-hydrogen) atoms. The van der Waals surface area contributed by atoms with E-state index in [0.29, 0.717) is 30.6 Å². The monoisotopic (exact) mass is 476 g/mol. The average molecular weight is 477 g/mol. The summed E-state index contributed by atoms with van der Waals surface area (Å²) in [7, 11) is 1.52. The smallest absolute Gasteiger partial charge is 0.418 e. The summed E-state index contributed by atoms with van der Waals surface area (Å²) in [6.07, 6.45) is 1.73. The molecule has 2 atom stereocenters. The number of anilines is 1. The molecule has 2 aromatic carbocycles. The van der Waals surface area contributed by atoms with Crippen molar-refractivity contribution in [2.45, 2.75) is 44.2 Å². The van der Waals surface area contributed by atoms with E-state index in [4.69, 9.17) is 4.74 Å². The highest BCUT2D eigenvalue weighted by Crippen LogP contribution is 2.46. The van der Waals surface area contributed by atoms with Crippen LogP contribution in [0.3, 0.4) is 0 Å². The highest BCUT2D eigenvalue weighted by molar-refractivity contribution is 6.06. The summed E-state index contributed by atoms with van der Waals surface area (Å²) in [4.78, 5) is 53.9. The minimum atomic E-state index is -1.42. The first kappa shape index (κ1) is 22.9. The fraction of sp³-hybridized carbons (Fsp3) is 0.385. The van der Waals surface area contributed by atoms with E-state index in [1.54, 1.807) is 23.1 Å². The number of likely N-dealkylation sites (tertiary alicyclic amines) is 1. The maximum atomic E-state index is 13.5. The maximum absolute atomic E-state index is 13.5. The van der Waals surface area contributed by atoms with Gasteiger partial charge < -0.3 is 20.3 Å². The van der Waals surface area contributed by atoms with Gasteiger partial charge in [0.15, 0.2) is 0 Å². The number of fused-ring (bicyclic) bond motifs is 2. The third-order valence-corrected chi connectivity index (χ3v) is 7.14. The Labute approximate surface area is 203 Å². The summed E-state index contributed by atoms with van der Waals surface area (Å²) in [5, 5.41) is 5.19. The lowest BCUT2D eigenvalue weighted by Crippen LogP contribution is -2.44. The second-order valence-corrected chi connectivity index (χ2v) is 9.32. The van der Waals surface area contributed by atoms with Gasteiger partial charge in [-0.2, -0.15) is 0 Å². The van der Waals surface area contributed by atoms with Gasteiger partial charge in [0, 0.05) is 31.3 Å². The van der Waals surface area contributed by atoms with Crippen LogP contribution in [0.25, 0.3) is 0 Å². The zero-order valence-electron chi connectivity index (χ0n) is 19.8. The van der Waals surface area contributed by atoms with E-state index in [1.807, 2.05) is 25.1 Å². The lowest BCUT2D eigenvalue weighted by Gasteiger charge is -2.27. The van der Waals surface area contributed by atoms with Crippen molar-refractivity contribution in [3.63, 3.8) is 0 Å². The molecule has 2 aliphatic heterocycles. The van der Waals surface area contributed by atoms with Crippen LogP contribution in [-0.2, 0) is 26.3 Å². The van der Waals surface area contributed by atoms with E-state index < -0.39 is 17.6 Å². The van der Waals surface area contributed by atoms with Crippen molar-refractivity contribution in [2.24, 2.45) is 0 Å². The number of hydrogen-bond donors (Lipinski definition) is 2. The van der Waals surface area contributed by atoms with Gasteiger partial charge >= 0.3 is 12.1 Å². The molecule has 0 aromatic heterocycles. The third-order valence-electron chi connectivity index (χ3n) is 7.14. The minimum absolute atomic E-state index is 0.0662. The van der Waals surface area contributed by atoms with Crippen LogP contribution in [0, 0.1) is 6.92 Å². The molecule has 0 bridgehead atoms. The van der Waals surface area contributed by atoms with Crippen LogP contribution in [0.15, 0.2) is 42.5 Å². The Hall–Kier alpha value is -3.88. The first-order valence-electron chi connectivity index (χ1n) is 11.9. The summed E-state index contributed by atoms with van der Waals surface area (Å²) >= 11 is 0. The highest BCUT2D eigenvalue weighted by atomic mass is 16.6. The second-order valence-electron chi connectivity index (χ2n) is 9.32. The van der Waals surface area contributed by atoms with E-state index in [2.05, 4.69) is 16.7 Å². The zero-order chi connectivity index (χ0) is 24.7. The number of benzene rings is 2. The van der Waals surface area contributed by atoms with Crippen molar-refractivity contribution in [1.82, 2.24) is 15.1 Å². The average Bonchev–Trinajstić information content (AvgIpc) is 3.53. The number of aryl methyl sites for hydroxylation is 2. The topological polar surface area (TPSA) is 108 Å². The molecule has 182 valence electrons. The van der Waals surface area contributed by atoms with E-state index >= 15 is 0 Å². The van der Waals surface area contributed by atoms with Gasteiger partial charge in [0.2, 0.25) is 11.5 Å². The largest absolute Gasteiger partial charge is 0.427 e. The Bertz CT molecular complexity index is 1230. The summed E-state index contributed by atoms with van der Waals surface area (Å²) < 4.78 is 5.66. The van der Waals surface area contributed by atoms with Crippen LogP contribution >= 0.6 is 0 Å². The first-order chi connectivity index (χ1) is 16.8. The lowest BCUT2D eigenvalue weighted by molar-refractivity contribution is -0.142. The van der Waals surface area contributed by atoms with Crippen molar-refractivity contribution in [3.05, 3.63) is 64.7 Å². The fourth-order valence-corrected chi connectivity index (χ4v) is 5.44. The molecule has 0 radical (unpaired) electrons. The number of carbonyl (C=O) groups excluding carboxylic acids is 4. The van der Waals surface area contributed by atoms with Crippen LogP contribution in [0.4, 0.5) is 15.3 Å². The molecule has 5 amide bonds. The molecule has 3 aliphatic rings. The number of imide groups is 1. The van der Waals surface area contributed by atoms with Crippen LogP contribution < -0.4 is 10.6 Å². The molecule has 0 saturated carbocycles. The Morgan fingerprint density at radius 2 is 2.00 bits per heavy atom. The van der Waals surface area contributed by atoms with E-state index in [1.165, 1.54) is 7.05 Å². The standard InChI is InChI=1S/C26H28N4O5/c1-16-5-3-6-18(13-16)21-7-4-12-29(21)22(31)15-30-23(32)26(35-25(30)34)11-10-17-14-19(8-9-20(17)26)28-24(33)27-2/h3,5-6,8-9,13-14,21H,4,7,10-12,15H2,1-2H3,(H2,27,28,33). The second kappa shape index (κ2) is 8.72. The first-order valence-corrected chi connectivity index (χ1v) is 11.9. The van der Waals surface area contributed by atoms with Gasteiger partial charge in [-0.1, -0.05) is 35.9 Å². The molecule has 5 rings (SSSR count). The molecular weight excluding hydrogens is 448 g/mol. The molecule has 1 aliphatic carbocycles. The molecule has 9 heteroatoms. The summed E-state index contributed by atoms with van der Waals surface area (Å²) in [5.41, 5.74) is 2.78. The normalized spacial score (nSPS) is 23.0. The molecule has 1 spiro atoms. The predicted octanol–water partition coefficient (Wildman–Crippen LogP) is 3.23. The SMILES string of the molecule is CNC(=O)Nc1ccc2c(c1)CCC21OC(=O)N(CC(=O)N2CCCC2c2cccc(C)c2)C1=O. The highest BCUT2D eigenvalue weighted by Gasteiger charge is 2.58. The van der Waals surface area contributed by atoms with Crippen LogP contribution in [0.2, 0.25) is 0 Å². The van der Waals surface area contributed by atoms with Gasteiger partial charge in [-0.25, -0.2) is 14.5 Å². The van der Waals surface area contributed by atoms with E-state index in [9.17, 15) is 19.2 Å². The van der Waals surface area contributed by atoms with Crippen molar-refractivity contribution >= 4 is 29.6 Å². The minimum Gasteiger partial charge on any atom is -0.427 e. The Balaban J connectivity index is 1.34. The molecule has 2 heterocycles. The molecule has 2 saturated heterocycles. The summed E-state index contributed by atoms with van der Waals surface area (Å²) in [6, 6.07) is 12.8. The van der Waals surface area contributed by atoms with Gasteiger partial charge in [-0.15, -0.1) is 0 Å². The van der Waals surface area contributed by atoms with Gasteiger partial charge in [0.05, 0.1) is 6.04 Å². The molecule has 9 nitrogen and oxygen atoms in total. The summed E-state index contributed by atoms with van der Waals surface area (Å²) in [6.45, 7) is 2.26. The quantitative estimate of drug-likeness (QED) is 0.705. The number of rotatable bonds is 4. The number of nitrogens with one attached hydrogen (secondary N) is 2. The number of ether oxygens (including phenoxy) is 1. The number of hydrogen-bond acceptors (Lipinski definition) is 5. The Kier molecular flexibility index (Phi) is 5.70. The molecule has 2 N–H and O–H groups in total. The molecular formula is C26H28N4O5. The number of carbonyl (C=O) groups is 4. The third kappa shape index (κ3) is 3.90. The Morgan fingerprint density at radius 3 is 2.77 bits per heavy atom. The molecule has 2 fully saturated rings. The van der Waals surface area contributed by atoms with Crippen LogP contribution in [-0.4, -0.2) is 53.9 Å². The van der Waals surface area contributed by atoms with E-state index in [0.717, 1.165) is 34.4 Å². The summed E-state index contributed by atoms with van der Waals surface area (Å²) in [5.74, 6) is -0.771. The van der Waals surface area contributed by atoms with Crippen molar-refractivity contribution in [1.29, 1.82) is 0 Å². The van der Waals surface area contributed by atoms with Crippen molar-refractivity contribution in [2.75, 3.05) is 25.5 Å². The van der Waals surface area contributed by atoms with Gasteiger partial charge in [-0.05, 0) is 49.4 Å². The van der Waals surface area contributed by atoms with Gasteiger partial charge in [0.1, 0.15) is 6.54 Å². The van der Waals surface area contributed by atoms with E-state index in [-0.39, 0.29) is 24.5 Å².